The summed E-state index contributed by atoms with van der Waals surface area (Å²) >= 11 is 0. The summed E-state index contributed by atoms with van der Waals surface area (Å²) in [4.78, 5) is 28.7. The number of nitrogens with one attached hydrogen (secondary N) is 1. The first-order chi connectivity index (χ1) is 15.7. The van der Waals surface area contributed by atoms with Crippen molar-refractivity contribution < 1.29 is 27.5 Å². The minimum Gasteiger partial charge on any atom is -0.483 e. The largest absolute Gasteiger partial charge is 0.483 e. The van der Waals surface area contributed by atoms with Crippen LogP contribution in [0.4, 0.5) is 24.5 Å². The molecule has 2 aromatic rings. The lowest BCUT2D eigenvalue weighted by atomic mass is 10.0. The third kappa shape index (κ3) is 4.62. The van der Waals surface area contributed by atoms with E-state index < -0.39 is 18.3 Å². The van der Waals surface area contributed by atoms with Crippen molar-refractivity contribution in [2.75, 3.05) is 38.5 Å². The molecule has 2 atom stereocenters. The molecule has 0 aromatic heterocycles. The Labute approximate surface area is 187 Å². The Morgan fingerprint density at radius 3 is 2.33 bits per heavy atom. The Hall–Kier alpha value is -3.63. The molecule has 8 nitrogen and oxygen atoms in total. The number of likely N-dealkylation sites (tertiary alicyclic amines) is 2. The first-order valence-electron chi connectivity index (χ1n) is 10.3. The number of rotatable bonds is 5. The van der Waals surface area contributed by atoms with Crippen molar-refractivity contribution in [3.05, 3.63) is 53.6 Å². The summed E-state index contributed by atoms with van der Waals surface area (Å²) in [6.45, 7) is 1.25. The van der Waals surface area contributed by atoms with E-state index in [0.29, 0.717) is 37.4 Å². The van der Waals surface area contributed by atoms with Crippen LogP contribution in [0.3, 0.4) is 0 Å². The number of para-hydroxylation sites is 1. The molecule has 2 heterocycles. The molecule has 2 aliphatic rings. The molecular formula is C22H22F3N5O3. The Bertz CT molecular complexity index is 1080. The predicted octanol–water partition coefficient (Wildman–Crippen LogP) is 3.56. The Kier molecular flexibility index (Phi) is 5.96. The molecule has 0 aliphatic carbocycles. The fraction of sp³-hybridized carbons (Fsp3) is 0.364. The van der Waals surface area contributed by atoms with Gasteiger partial charge >= 0.3 is 6.18 Å². The molecular weight excluding hydrogens is 439 g/mol. The highest BCUT2D eigenvalue weighted by Gasteiger charge is 2.43. The van der Waals surface area contributed by atoms with Crippen molar-refractivity contribution >= 4 is 23.2 Å². The van der Waals surface area contributed by atoms with Gasteiger partial charge in [-0.1, -0.05) is 12.1 Å². The second-order valence-corrected chi connectivity index (χ2v) is 8.20. The quantitative estimate of drug-likeness (QED) is 0.524. The highest BCUT2D eigenvalue weighted by molar-refractivity contribution is 5.96. The van der Waals surface area contributed by atoms with Crippen LogP contribution >= 0.6 is 0 Å². The highest BCUT2D eigenvalue weighted by Crippen LogP contribution is 2.36. The summed E-state index contributed by atoms with van der Waals surface area (Å²) in [5.74, 6) is -0.806. The standard InChI is InChI=1S/C22H22F3N5O3/c23-22(24,25)16-3-1-2-4-19(16)33-12-20(31)29-8-14-10-30(11-15(14)9-29)21(32)13-5-6-17(26)18(7-13)28-27/h1-7,14-15,27H,8-12,26H2. The van der Waals surface area contributed by atoms with Gasteiger partial charge < -0.3 is 20.3 Å². The zero-order chi connectivity index (χ0) is 23.8. The van der Waals surface area contributed by atoms with E-state index in [-0.39, 0.29) is 35.1 Å². The molecule has 174 valence electrons. The number of alkyl halides is 3. The second kappa shape index (κ2) is 8.72. The number of carbonyl (C=O) groups excluding carboxylic acids is 2. The molecule has 2 saturated heterocycles. The van der Waals surface area contributed by atoms with Crippen molar-refractivity contribution in [3.8, 4) is 5.75 Å². The van der Waals surface area contributed by atoms with Gasteiger partial charge in [-0.3, -0.25) is 9.59 Å². The number of ether oxygens (including phenoxy) is 1. The Balaban J connectivity index is 1.33. The molecule has 2 unspecified atom stereocenters. The molecule has 2 fully saturated rings. The van der Waals surface area contributed by atoms with Gasteiger partial charge in [-0.05, 0) is 30.3 Å². The van der Waals surface area contributed by atoms with Gasteiger partial charge in [-0.25, -0.2) is 5.53 Å². The minimum atomic E-state index is -4.57. The van der Waals surface area contributed by atoms with E-state index in [1.165, 1.54) is 30.3 Å². The molecule has 2 aliphatic heterocycles. The summed E-state index contributed by atoms with van der Waals surface area (Å²) in [6.07, 6.45) is -4.57. The van der Waals surface area contributed by atoms with Gasteiger partial charge in [0.25, 0.3) is 11.8 Å². The van der Waals surface area contributed by atoms with E-state index in [2.05, 4.69) is 5.11 Å². The lowest BCUT2D eigenvalue weighted by Gasteiger charge is -2.22. The average Bonchev–Trinajstić information content (AvgIpc) is 3.36. The zero-order valence-corrected chi connectivity index (χ0v) is 17.5. The molecule has 3 N–H and O–H groups in total. The van der Waals surface area contributed by atoms with Crippen LogP contribution < -0.4 is 10.5 Å². The molecule has 0 bridgehead atoms. The third-order valence-corrected chi connectivity index (χ3v) is 6.07. The number of nitrogen functional groups attached to an aromatic ring is 1. The number of carbonyl (C=O) groups is 2. The van der Waals surface area contributed by atoms with E-state index in [1.807, 2.05) is 0 Å². The monoisotopic (exact) mass is 461 g/mol. The molecule has 0 radical (unpaired) electrons. The number of hydrogen-bond donors (Lipinski definition) is 2. The zero-order valence-electron chi connectivity index (χ0n) is 17.5. The van der Waals surface area contributed by atoms with Gasteiger partial charge in [0.15, 0.2) is 6.61 Å². The van der Waals surface area contributed by atoms with Crippen molar-refractivity contribution in [1.82, 2.24) is 9.80 Å². The Morgan fingerprint density at radius 2 is 1.70 bits per heavy atom. The maximum Gasteiger partial charge on any atom is 0.419 e. The van der Waals surface area contributed by atoms with E-state index in [1.54, 1.807) is 15.9 Å². The van der Waals surface area contributed by atoms with Crippen molar-refractivity contribution in [3.63, 3.8) is 0 Å². The fourth-order valence-corrected chi connectivity index (χ4v) is 4.38. The van der Waals surface area contributed by atoms with Crippen LogP contribution in [0.15, 0.2) is 47.6 Å². The molecule has 2 aromatic carbocycles. The van der Waals surface area contributed by atoms with Crippen LogP contribution in [-0.2, 0) is 11.0 Å². The van der Waals surface area contributed by atoms with Gasteiger partial charge in [0.1, 0.15) is 11.4 Å². The number of hydrogen-bond acceptors (Lipinski definition) is 6. The molecule has 0 saturated carbocycles. The molecule has 11 heteroatoms. The van der Waals surface area contributed by atoms with Crippen LogP contribution in [0.5, 0.6) is 5.75 Å². The molecule has 33 heavy (non-hydrogen) atoms. The van der Waals surface area contributed by atoms with Crippen LogP contribution in [0.25, 0.3) is 0 Å². The van der Waals surface area contributed by atoms with E-state index in [4.69, 9.17) is 16.0 Å². The number of fused-ring (bicyclic) bond motifs is 1. The normalized spacial score (nSPS) is 20.0. The first kappa shape index (κ1) is 22.6. The van der Waals surface area contributed by atoms with E-state index in [9.17, 15) is 22.8 Å². The maximum atomic E-state index is 13.1. The second-order valence-electron chi connectivity index (χ2n) is 8.20. The topological polar surface area (TPSA) is 112 Å². The van der Waals surface area contributed by atoms with Gasteiger partial charge in [0.05, 0.1) is 11.3 Å². The van der Waals surface area contributed by atoms with E-state index in [0.717, 1.165) is 6.07 Å². The number of halogens is 3. The van der Waals surface area contributed by atoms with E-state index >= 15 is 0 Å². The smallest absolute Gasteiger partial charge is 0.419 e. The minimum absolute atomic E-state index is 0.0782. The van der Waals surface area contributed by atoms with Crippen molar-refractivity contribution in [2.24, 2.45) is 17.0 Å². The first-order valence-corrected chi connectivity index (χ1v) is 10.3. The number of anilines is 1. The summed E-state index contributed by atoms with van der Waals surface area (Å²) < 4.78 is 44.5. The third-order valence-electron chi connectivity index (χ3n) is 6.07. The summed E-state index contributed by atoms with van der Waals surface area (Å²) in [6, 6.07) is 9.39. The molecule has 4 rings (SSSR count). The van der Waals surface area contributed by atoms with Gasteiger partial charge in [0, 0.05) is 43.6 Å². The Morgan fingerprint density at radius 1 is 1.06 bits per heavy atom. The lowest BCUT2D eigenvalue weighted by Crippen LogP contribution is -2.37. The summed E-state index contributed by atoms with van der Waals surface area (Å²) in [7, 11) is 0. The van der Waals surface area contributed by atoms with Crippen LogP contribution in [-0.4, -0.2) is 54.4 Å². The number of benzene rings is 2. The molecule has 2 amide bonds. The fourth-order valence-electron chi connectivity index (χ4n) is 4.38. The summed E-state index contributed by atoms with van der Waals surface area (Å²) in [5, 5.41) is 3.32. The van der Waals surface area contributed by atoms with Crippen LogP contribution in [0.1, 0.15) is 15.9 Å². The molecule has 0 spiro atoms. The number of amides is 2. The predicted molar refractivity (Wildman–Crippen MR) is 112 cm³/mol. The lowest BCUT2D eigenvalue weighted by molar-refractivity contribution is -0.140. The van der Waals surface area contributed by atoms with Crippen LogP contribution in [0, 0.1) is 17.4 Å². The summed E-state index contributed by atoms with van der Waals surface area (Å²) in [5.41, 5.74) is 12.9. The van der Waals surface area contributed by atoms with Crippen LogP contribution in [0.2, 0.25) is 0 Å². The van der Waals surface area contributed by atoms with Gasteiger partial charge in [-0.2, -0.15) is 18.3 Å². The number of nitrogens with two attached hydrogens (primary N) is 1. The highest BCUT2D eigenvalue weighted by atomic mass is 19.4. The van der Waals surface area contributed by atoms with Gasteiger partial charge in [-0.15, -0.1) is 0 Å². The SMILES string of the molecule is N=Nc1cc(C(=O)N2CC3CN(C(=O)COc4ccccc4C(F)(F)F)CC3C2)ccc1N. The van der Waals surface area contributed by atoms with Gasteiger partial charge in [0.2, 0.25) is 0 Å². The van der Waals surface area contributed by atoms with Crippen molar-refractivity contribution in [1.29, 1.82) is 5.53 Å². The maximum absolute atomic E-state index is 13.1. The number of nitrogens with zero attached hydrogens (tertiary/aromatic N) is 3. The van der Waals surface area contributed by atoms with Crippen molar-refractivity contribution in [2.45, 2.75) is 6.18 Å². The average molecular weight is 461 g/mol.